The van der Waals surface area contributed by atoms with Crippen molar-refractivity contribution in [2.75, 3.05) is 20.2 Å². The van der Waals surface area contributed by atoms with E-state index in [4.69, 9.17) is 4.74 Å². The number of carbonyl (C=O) groups is 1. The zero-order chi connectivity index (χ0) is 17.6. The third kappa shape index (κ3) is 4.39. The maximum atomic E-state index is 11.9. The minimum atomic E-state index is -0.800. The number of carboxylic acid groups (broad SMARTS) is 1. The number of rotatable bonds is 6. The van der Waals surface area contributed by atoms with Crippen LogP contribution in [-0.2, 0) is 11.3 Å². The van der Waals surface area contributed by atoms with Gasteiger partial charge in [0.25, 0.3) is 0 Å². The minimum absolute atomic E-state index is 0.607. The van der Waals surface area contributed by atoms with Crippen LogP contribution in [-0.4, -0.2) is 46.0 Å². The van der Waals surface area contributed by atoms with E-state index >= 15 is 0 Å². The molecule has 1 atom stereocenters. The number of aromatic nitrogens is 2. The molecule has 1 aromatic carbocycles. The number of benzene rings is 1. The standard InChI is InChI=1S/C19H25N3O3/c1-25-17-8-6-15(7-9-17)13-22-14-16(12-20-22)18(19(23)24)21-10-4-2-3-5-11-21/h6-9,12,14,18H,2-5,10-11,13H2,1H3,(H,23,24)/t18-/m0/s1. The van der Waals surface area contributed by atoms with Gasteiger partial charge in [-0.25, -0.2) is 0 Å². The third-order valence-electron chi connectivity index (χ3n) is 4.71. The van der Waals surface area contributed by atoms with Gasteiger partial charge >= 0.3 is 5.97 Å². The summed E-state index contributed by atoms with van der Waals surface area (Å²) in [5.41, 5.74) is 1.85. The topological polar surface area (TPSA) is 67.6 Å². The molecule has 0 saturated carbocycles. The summed E-state index contributed by atoms with van der Waals surface area (Å²) in [5, 5.41) is 14.1. The SMILES string of the molecule is COc1ccc(Cn2cc([C@@H](C(=O)O)N3CCCCCC3)cn2)cc1. The second-order valence-corrected chi connectivity index (χ2v) is 6.51. The van der Waals surface area contributed by atoms with Crippen molar-refractivity contribution in [3.8, 4) is 5.75 Å². The first-order valence-electron chi connectivity index (χ1n) is 8.79. The summed E-state index contributed by atoms with van der Waals surface area (Å²) in [5.74, 6) is 0.0166. The Balaban J connectivity index is 1.73. The zero-order valence-electron chi connectivity index (χ0n) is 14.6. The Labute approximate surface area is 148 Å². The lowest BCUT2D eigenvalue weighted by Gasteiger charge is -2.26. The van der Waals surface area contributed by atoms with E-state index in [1.807, 2.05) is 30.5 Å². The van der Waals surface area contributed by atoms with Crippen LogP contribution in [0.5, 0.6) is 5.75 Å². The molecule has 1 N–H and O–H groups in total. The van der Waals surface area contributed by atoms with Gasteiger partial charge in [-0.05, 0) is 43.6 Å². The fraction of sp³-hybridized carbons (Fsp3) is 0.474. The molecule has 0 bridgehead atoms. The van der Waals surface area contributed by atoms with Crippen LogP contribution < -0.4 is 4.74 Å². The minimum Gasteiger partial charge on any atom is -0.497 e. The lowest BCUT2D eigenvalue weighted by atomic mass is 10.1. The average Bonchev–Trinajstić information content (AvgIpc) is 2.89. The molecule has 1 saturated heterocycles. The highest BCUT2D eigenvalue weighted by Crippen LogP contribution is 2.24. The number of nitrogens with zero attached hydrogens (tertiary/aromatic N) is 3. The first-order valence-corrected chi connectivity index (χ1v) is 8.79. The van der Waals surface area contributed by atoms with Crippen LogP contribution in [0.1, 0.15) is 42.9 Å². The van der Waals surface area contributed by atoms with E-state index in [2.05, 4.69) is 10.00 Å². The van der Waals surface area contributed by atoms with Crippen LogP contribution in [0.2, 0.25) is 0 Å². The van der Waals surface area contributed by atoms with E-state index in [-0.39, 0.29) is 0 Å². The van der Waals surface area contributed by atoms with Crippen molar-refractivity contribution in [3.63, 3.8) is 0 Å². The third-order valence-corrected chi connectivity index (χ3v) is 4.71. The van der Waals surface area contributed by atoms with Crippen LogP contribution in [0.3, 0.4) is 0 Å². The van der Waals surface area contributed by atoms with E-state index in [0.29, 0.717) is 6.54 Å². The molecule has 6 heteroatoms. The predicted octanol–water partition coefficient (Wildman–Crippen LogP) is 2.94. The van der Waals surface area contributed by atoms with E-state index < -0.39 is 12.0 Å². The number of hydrogen-bond acceptors (Lipinski definition) is 4. The zero-order valence-corrected chi connectivity index (χ0v) is 14.6. The van der Waals surface area contributed by atoms with Gasteiger partial charge in [0.1, 0.15) is 11.8 Å². The first kappa shape index (κ1) is 17.5. The highest BCUT2D eigenvalue weighted by Gasteiger charge is 2.29. The second-order valence-electron chi connectivity index (χ2n) is 6.51. The molecule has 1 aliphatic heterocycles. The van der Waals surface area contributed by atoms with Gasteiger partial charge in [0.15, 0.2) is 0 Å². The van der Waals surface area contributed by atoms with Crippen molar-refractivity contribution in [3.05, 3.63) is 47.8 Å². The van der Waals surface area contributed by atoms with Gasteiger partial charge in [0, 0.05) is 11.8 Å². The normalized spacial score (nSPS) is 17.0. The van der Waals surface area contributed by atoms with Gasteiger partial charge in [-0.15, -0.1) is 0 Å². The smallest absolute Gasteiger partial charge is 0.325 e. The van der Waals surface area contributed by atoms with Crippen LogP contribution >= 0.6 is 0 Å². The van der Waals surface area contributed by atoms with Gasteiger partial charge in [-0.3, -0.25) is 14.4 Å². The summed E-state index contributed by atoms with van der Waals surface area (Å²) in [6.45, 7) is 2.28. The molecule has 25 heavy (non-hydrogen) atoms. The van der Waals surface area contributed by atoms with Crippen molar-refractivity contribution < 1.29 is 14.6 Å². The van der Waals surface area contributed by atoms with Crippen molar-refractivity contribution >= 4 is 5.97 Å². The number of hydrogen-bond donors (Lipinski definition) is 1. The maximum Gasteiger partial charge on any atom is 0.325 e. The molecular weight excluding hydrogens is 318 g/mol. The summed E-state index contributed by atoms with van der Waals surface area (Å²) in [6, 6.07) is 7.20. The molecule has 0 radical (unpaired) electrons. The second kappa shape index (κ2) is 8.16. The molecule has 2 aromatic rings. The molecule has 1 aliphatic rings. The Kier molecular flexibility index (Phi) is 5.71. The lowest BCUT2D eigenvalue weighted by molar-refractivity contribution is -0.143. The quantitative estimate of drug-likeness (QED) is 0.873. The fourth-order valence-corrected chi connectivity index (χ4v) is 3.39. The monoisotopic (exact) mass is 343 g/mol. The Morgan fingerprint density at radius 1 is 1.20 bits per heavy atom. The highest BCUT2D eigenvalue weighted by molar-refractivity contribution is 5.75. The Hall–Kier alpha value is -2.34. The van der Waals surface area contributed by atoms with Crippen LogP contribution in [0.25, 0.3) is 0 Å². The molecule has 0 amide bonds. The van der Waals surface area contributed by atoms with Crippen molar-refractivity contribution in [2.45, 2.75) is 38.3 Å². The summed E-state index contributed by atoms with van der Waals surface area (Å²) >= 11 is 0. The number of methoxy groups -OCH3 is 1. The molecule has 134 valence electrons. The maximum absolute atomic E-state index is 11.9. The van der Waals surface area contributed by atoms with Gasteiger partial charge in [-0.1, -0.05) is 25.0 Å². The van der Waals surface area contributed by atoms with Crippen LogP contribution in [0.4, 0.5) is 0 Å². The molecule has 0 spiro atoms. The van der Waals surface area contributed by atoms with Crippen molar-refractivity contribution in [2.24, 2.45) is 0 Å². The van der Waals surface area contributed by atoms with E-state index in [1.54, 1.807) is 18.0 Å². The molecule has 3 rings (SSSR count). The number of likely N-dealkylation sites (tertiary alicyclic amines) is 1. The highest BCUT2D eigenvalue weighted by atomic mass is 16.5. The molecule has 1 aromatic heterocycles. The average molecular weight is 343 g/mol. The number of carboxylic acids is 1. The van der Waals surface area contributed by atoms with E-state index in [9.17, 15) is 9.90 Å². The molecular formula is C19H25N3O3. The van der Waals surface area contributed by atoms with Gasteiger partial charge in [0.2, 0.25) is 0 Å². The van der Waals surface area contributed by atoms with Gasteiger partial charge in [0.05, 0.1) is 19.9 Å². The van der Waals surface area contributed by atoms with Crippen molar-refractivity contribution in [1.29, 1.82) is 0 Å². The predicted molar refractivity (Wildman–Crippen MR) is 94.7 cm³/mol. The number of aliphatic carboxylic acids is 1. The first-order chi connectivity index (χ1) is 12.2. The fourth-order valence-electron chi connectivity index (χ4n) is 3.39. The summed E-state index contributed by atoms with van der Waals surface area (Å²) < 4.78 is 6.96. The molecule has 2 heterocycles. The van der Waals surface area contributed by atoms with Gasteiger partial charge in [-0.2, -0.15) is 5.10 Å². The van der Waals surface area contributed by atoms with Crippen LogP contribution in [0, 0.1) is 0 Å². The summed E-state index contributed by atoms with van der Waals surface area (Å²) in [4.78, 5) is 13.9. The van der Waals surface area contributed by atoms with Crippen LogP contribution in [0.15, 0.2) is 36.7 Å². The van der Waals surface area contributed by atoms with E-state index in [0.717, 1.165) is 42.8 Å². The largest absolute Gasteiger partial charge is 0.497 e. The van der Waals surface area contributed by atoms with E-state index in [1.165, 1.54) is 12.8 Å². The Morgan fingerprint density at radius 3 is 2.48 bits per heavy atom. The Morgan fingerprint density at radius 2 is 1.88 bits per heavy atom. The Bertz CT molecular complexity index is 688. The van der Waals surface area contributed by atoms with Crippen molar-refractivity contribution in [1.82, 2.24) is 14.7 Å². The molecule has 1 fully saturated rings. The number of ether oxygens (including phenoxy) is 1. The molecule has 0 unspecified atom stereocenters. The lowest BCUT2D eigenvalue weighted by Crippen LogP contribution is -2.34. The molecule has 0 aliphatic carbocycles. The van der Waals surface area contributed by atoms with Gasteiger partial charge < -0.3 is 9.84 Å². The summed E-state index contributed by atoms with van der Waals surface area (Å²) in [7, 11) is 1.64. The molecule has 6 nitrogen and oxygen atoms in total. The summed E-state index contributed by atoms with van der Waals surface area (Å²) in [6.07, 6.45) is 8.02.